The first kappa shape index (κ1) is 20.9. The van der Waals surface area contributed by atoms with Gasteiger partial charge in [0.25, 0.3) is 5.91 Å². The van der Waals surface area contributed by atoms with Crippen molar-refractivity contribution in [3.05, 3.63) is 53.0 Å². The molecule has 4 rings (SSSR count). The third-order valence-corrected chi connectivity index (χ3v) is 6.15. The number of amides is 2. The van der Waals surface area contributed by atoms with E-state index in [1.54, 1.807) is 47.9 Å². The van der Waals surface area contributed by atoms with Crippen LogP contribution in [0.25, 0.3) is 11.0 Å². The Labute approximate surface area is 180 Å². The summed E-state index contributed by atoms with van der Waals surface area (Å²) in [5.74, 6) is 0.316. The van der Waals surface area contributed by atoms with E-state index in [4.69, 9.17) is 0 Å². The van der Waals surface area contributed by atoms with Gasteiger partial charge in [-0.1, -0.05) is 0 Å². The first-order chi connectivity index (χ1) is 14.9. The van der Waals surface area contributed by atoms with Crippen molar-refractivity contribution < 1.29 is 9.59 Å². The summed E-state index contributed by atoms with van der Waals surface area (Å²) in [7, 11) is 3.44. The van der Waals surface area contributed by atoms with Gasteiger partial charge in [-0.25, -0.2) is 9.78 Å². The molecule has 0 saturated carbocycles. The maximum absolute atomic E-state index is 13.0. The quantitative estimate of drug-likeness (QED) is 0.642. The number of fused-ring (bicyclic) bond motifs is 1. The predicted octanol–water partition coefficient (Wildman–Crippen LogP) is 1.13. The largest absolute Gasteiger partial charge is 0.354 e. The van der Waals surface area contributed by atoms with Gasteiger partial charge in [0.05, 0.1) is 17.4 Å². The van der Waals surface area contributed by atoms with Crippen LogP contribution in [0.4, 0.5) is 0 Å². The van der Waals surface area contributed by atoms with Gasteiger partial charge in [0, 0.05) is 64.7 Å². The number of piperidine rings is 1. The fourth-order valence-corrected chi connectivity index (χ4v) is 4.24. The van der Waals surface area contributed by atoms with Gasteiger partial charge in [0.15, 0.2) is 0 Å². The number of carbonyl (C=O) groups excluding carboxylic acids is 2. The average molecular weight is 425 g/mol. The van der Waals surface area contributed by atoms with E-state index in [-0.39, 0.29) is 23.4 Å². The van der Waals surface area contributed by atoms with Crippen LogP contribution in [-0.4, -0.2) is 55.0 Å². The zero-order valence-electron chi connectivity index (χ0n) is 18.0. The van der Waals surface area contributed by atoms with Crippen molar-refractivity contribution in [3.63, 3.8) is 0 Å². The van der Waals surface area contributed by atoms with E-state index in [1.807, 2.05) is 21.7 Å². The van der Waals surface area contributed by atoms with Gasteiger partial charge >= 0.3 is 5.69 Å². The number of carbonyl (C=O) groups is 2. The van der Waals surface area contributed by atoms with Gasteiger partial charge in [0.2, 0.25) is 5.91 Å². The molecule has 1 saturated heterocycles. The lowest BCUT2D eigenvalue weighted by atomic mass is 9.93. The van der Waals surface area contributed by atoms with Crippen LogP contribution < -0.4 is 11.0 Å². The average Bonchev–Trinajstić information content (AvgIpc) is 3.37. The highest BCUT2D eigenvalue weighted by atomic mass is 16.2. The van der Waals surface area contributed by atoms with Crippen molar-refractivity contribution in [2.24, 2.45) is 20.0 Å². The van der Waals surface area contributed by atoms with Crippen molar-refractivity contribution in [3.8, 4) is 0 Å². The number of imidazole rings is 2. The number of aromatic nitrogens is 4. The number of aryl methyl sites for hydroxylation is 2. The van der Waals surface area contributed by atoms with Gasteiger partial charge < -0.3 is 14.8 Å². The number of nitrogens with one attached hydrogen (secondary N) is 1. The predicted molar refractivity (Wildman–Crippen MR) is 117 cm³/mol. The number of benzene rings is 1. The molecule has 1 aliphatic heterocycles. The van der Waals surface area contributed by atoms with E-state index in [0.717, 1.165) is 23.9 Å². The SMILES string of the molecule is Cn1c(=O)n(C)c2cc(C(=O)N3CCC(CC(=O)NCCn4ccnc4)CC3)ccc21. The summed E-state index contributed by atoms with van der Waals surface area (Å²) in [5, 5.41) is 2.96. The van der Waals surface area contributed by atoms with Gasteiger partial charge in [-0.3, -0.25) is 18.7 Å². The summed E-state index contributed by atoms with van der Waals surface area (Å²) in [4.78, 5) is 43.1. The fourth-order valence-electron chi connectivity index (χ4n) is 4.24. The number of rotatable bonds is 6. The topological polar surface area (TPSA) is 94.2 Å². The lowest BCUT2D eigenvalue weighted by Gasteiger charge is -2.32. The molecule has 0 unspecified atom stereocenters. The number of nitrogens with zero attached hydrogens (tertiary/aromatic N) is 5. The van der Waals surface area contributed by atoms with Crippen molar-refractivity contribution in [1.82, 2.24) is 28.9 Å². The highest BCUT2D eigenvalue weighted by Crippen LogP contribution is 2.23. The smallest absolute Gasteiger partial charge is 0.328 e. The highest BCUT2D eigenvalue weighted by molar-refractivity contribution is 5.97. The zero-order valence-corrected chi connectivity index (χ0v) is 18.0. The van der Waals surface area contributed by atoms with Crippen LogP contribution in [0.2, 0.25) is 0 Å². The van der Waals surface area contributed by atoms with Crippen molar-refractivity contribution in [1.29, 1.82) is 0 Å². The summed E-state index contributed by atoms with van der Waals surface area (Å²) < 4.78 is 5.06. The molecule has 3 heterocycles. The monoisotopic (exact) mass is 424 g/mol. The summed E-state index contributed by atoms with van der Waals surface area (Å²) >= 11 is 0. The molecule has 1 fully saturated rings. The Bertz CT molecular complexity index is 1140. The first-order valence-electron chi connectivity index (χ1n) is 10.6. The first-order valence-corrected chi connectivity index (χ1v) is 10.6. The Morgan fingerprint density at radius 2 is 1.87 bits per heavy atom. The van der Waals surface area contributed by atoms with E-state index in [2.05, 4.69) is 10.3 Å². The Morgan fingerprint density at radius 1 is 1.13 bits per heavy atom. The summed E-state index contributed by atoms with van der Waals surface area (Å²) in [6.45, 7) is 2.56. The molecule has 1 aromatic carbocycles. The van der Waals surface area contributed by atoms with Crippen LogP contribution in [0.3, 0.4) is 0 Å². The summed E-state index contributed by atoms with van der Waals surface area (Å²) in [6.07, 6.45) is 7.43. The molecule has 2 amide bonds. The molecule has 0 atom stereocenters. The van der Waals surface area contributed by atoms with Crippen LogP contribution >= 0.6 is 0 Å². The van der Waals surface area contributed by atoms with Crippen LogP contribution in [0.5, 0.6) is 0 Å². The third-order valence-electron chi connectivity index (χ3n) is 6.15. The fraction of sp³-hybridized carbons (Fsp3) is 0.455. The highest BCUT2D eigenvalue weighted by Gasteiger charge is 2.25. The maximum Gasteiger partial charge on any atom is 0.328 e. The van der Waals surface area contributed by atoms with E-state index < -0.39 is 0 Å². The third kappa shape index (κ3) is 4.40. The molecule has 164 valence electrons. The second-order valence-electron chi connectivity index (χ2n) is 8.19. The van der Waals surface area contributed by atoms with Gasteiger partial charge in [-0.15, -0.1) is 0 Å². The van der Waals surface area contributed by atoms with E-state index in [0.29, 0.717) is 38.2 Å². The van der Waals surface area contributed by atoms with Crippen molar-refractivity contribution in [2.75, 3.05) is 19.6 Å². The van der Waals surface area contributed by atoms with Crippen LogP contribution in [-0.2, 0) is 25.4 Å². The Balaban J connectivity index is 1.28. The molecule has 1 N–H and O–H groups in total. The van der Waals surface area contributed by atoms with E-state index >= 15 is 0 Å². The molecule has 0 aliphatic carbocycles. The second-order valence-corrected chi connectivity index (χ2v) is 8.19. The molecule has 0 spiro atoms. The normalized spacial score (nSPS) is 14.8. The lowest BCUT2D eigenvalue weighted by Crippen LogP contribution is -2.39. The minimum atomic E-state index is -0.108. The second kappa shape index (κ2) is 8.79. The van der Waals surface area contributed by atoms with Crippen LogP contribution in [0.15, 0.2) is 41.7 Å². The molecule has 9 nitrogen and oxygen atoms in total. The molecule has 0 radical (unpaired) electrons. The molecule has 3 aromatic rings. The van der Waals surface area contributed by atoms with Gasteiger partial charge in [-0.05, 0) is 37.0 Å². The summed E-state index contributed by atoms with van der Waals surface area (Å²) in [6, 6.07) is 5.40. The van der Waals surface area contributed by atoms with Crippen molar-refractivity contribution in [2.45, 2.75) is 25.8 Å². The molecule has 1 aliphatic rings. The molecule has 9 heteroatoms. The molecule has 2 aromatic heterocycles. The van der Waals surface area contributed by atoms with Crippen LogP contribution in [0, 0.1) is 5.92 Å². The molecular weight excluding hydrogens is 396 g/mol. The Kier molecular flexibility index (Phi) is 5.92. The Morgan fingerprint density at radius 3 is 2.58 bits per heavy atom. The molecule has 0 bridgehead atoms. The van der Waals surface area contributed by atoms with Gasteiger partial charge in [0.1, 0.15) is 0 Å². The number of hydrogen-bond donors (Lipinski definition) is 1. The molecular formula is C22H28N6O3. The minimum absolute atomic E-state index is 0.0264. The lowest BCUT2D eigenvalue weighted by molar-refractivity contribution is -0.122. The van der Waals surface area contributed by atoms with Crippen LogP contribution in [0.1, 0.15) is 29.6 Å². The van der Waals surface area contributed by atoms with E-state index in [9.17, 15) is 14.4 Å². The zero-order chi connectivity index (χ0) is 22.0. The minimum Gasteiger partial charge on any atom is -0.354 e. The maximum atomic E-state index is 13.0. The standard InChI is InChI=1S/C22H28N6O3/c1-25-18-4-3-17(14-19(18)26(2)22(25)31)21(30)28-9-5-16(6-10-28)13-20(29)24-8-12-27-11-7-23-15-27/h3-4,7,11,14-16H,5-6,8-10,12-13H2,1-2H3,(H,24,29). The van der Waals surface area contributed by atoms with Crippen molar-refractivity contribution >= 4 is 22.8 Å². The van der Waals surface area contributed by atoms with Gasteiger partial charge in [-0.2, -0.15) is 0 Å². The Hall–Kier alpha value is -3.36. The summed E-state index contributed by atoms with van der Waals surface area (Å²) in [5.41, 5.74) is 2.04. The number of likely N-dealkylation sites (tertiary alicyclic amines) is 1. The molecule has 31 heavy (non-hydrogen) atoms. The number of hydrogen-bond acceptors (Lipinski definition) is 4. The van der Waals surface area contributed by atoms with E-state index in [1.165, 1.54) is 0 Å².